The van der Waals surface area contributed by atoms with E-state index in [0.717, 1.165) is 38.2 Å². The molecule has 0 fully saturated rings. The van der Waals surface area contributed by atoms with E-state index in [1.54, 1.807) is 10.9 Å². The molecule has 1 amide bonds. The molecule has 152 valence electrons. The summed E-state index contributed by atoms with van der Waals surface area (Å²) in [5.74, 6) is 0.157. The van der Waals surface area contributed by atoms with Crippen LogP contribution >= 0.6 is 11.8 Å². The largest absolute Gasteiger partial charge is 0.325 e. The smallest absolute Gasteiger partial charge is 0.234 e. The van der Waals surface area contributed by atoms with Gasteiger partial charge in [-0.25, -0.2) is 14.6 Å². The highest BCUT2D eigenvalue weighted by Crippen LogP contribution is 2.27. The lowest BCUT2D eigenvalue weighted by Crippen LogP contribution is -2.14. The van der Waals surface area contributed by atoms with Gasteiger partial charge in [-0.15, -0.1) is 0 Å². The number of amides is 1. The number of nitrogens with one attached hydrogen (secondary N) is 1. The van der Waals surface area contributed by atoms with Gasteiger partial charge < -0.3 is 5.32 Å². The molecule has 31 heavy (non-hydrogen) atoms. The van der Waals surface area contributed by atoms with E-state index < -0.39 is 0 Å². The Balaban J connectivity index is 1.35. The predicted octanol–water partition coefficient (Wildman–Crippen LogP) is 5.01. The Labute approximate surface area is 183 Å². The lowest BCUT2D eigenvalue weighted by atomic mass is 10.1. The highest BCUT2D eigenvalue weighted by molar-refractivity contribution is 8.00. The summed E-state index contributed by atoms with van der Waals surface area (Å²) in [6, 6.07) is 22.0. The average molecular weight is 426 g/mol. The molecule has 7 heteroatoms. The van der Waals surface area contributed by atoms with E-state index in [4.69, 9.17) is 0 Å². The summed E-state index contributed by atoms with van der Waals surface area (Å²) in [4.78, 5) is 21.4. The predicted molar refractivity (Wildman–Crippen MR) is 125 cm³/mol. The van der Waals surface area contributed by atoms with Gasteiger partial charge in [-0.3, -0.25) is 4.79 Å². The number of aryl methyl sites for hydroxylation is 1. The zero-order valence-electron chi connectivity index (χ0n) is 16.8. The van der Waals surface area contributed by atoms with Crippen LogP contribution in [-0.4, -0.2) is 31.4 Å². The van der Waals surface area contributed by atoms with Crippen molar-refractivity contribution >= 4 is 45.2 Å². The van der Waals surface area contributed by atoms with Gasteiger partial charge in [0.1, 0.15) is 11.4 Å². The second-order valence-corrected chi connectivity index (χ2v) is 8.14. The molecule has 6 nitrogen and oxygen atoms in total. The number of thioether (sulfide) groups is 1. The lowest BCUT2D eigenvalue weighted by molar-refractivity contribution is -0.113. The van der Waals surface area contributed by atoms with E-state index in [9.17, 15) is 4.79 Å². The van der Waals surface area contributed by atoms with Crippen LogP contribution in [0.3, 0.4) is 0 Å². The minimum Gasteiger partial charge on any atom is -0.325 e. The maximum absolute atomic E-state index is 12.6. The Hall–Kier alpha value is -3.71. The minimum absolute atomic E-state index is 0.0842. The van der Waals surface area contributed by atoms with Crippen molar-refractivity contribution in [1.82, 2.24) is 19.7 Å². The third-order valence-electron chi connectivity index (χ3n) is 5.01. The van der Waals surface area contributed by atoms with Gasteiger partial charge in [0.25, 0.3) is 0 Å². The van der Waals surface area contributed by atoms with Gasteiger partial charge in [-0.1, -0.05) is 65.9 Å². The van der Waals surface area contributed by atoms with Crippen LogP contribution < -0.4 is 5.32 Å². The maximum Gasteiger partial charge on any atom is 0.234 e. The summed E-state index contributed by atoms with van der Waals surface area (Å²) in [7, 11) is 0. The second-order valence-electron chi connectivity index (χ2n) is 7.17. The average Bonchev–Trinajstić information content (AvgIpc) is 3.23. The molecule has 5 rings (SSSR count). The molecule has 0 saturated carbocycles. The summed E-state index contributed by atoms with van der Waals surface area (Å²) < 4.78 is 1.79. The quantitative estimate of drug-likeness (QED) is 0.317. The summed E-state index contributed by atoms with van der Waals surface area (Å²) in [6.45, 7) is 2.05. The van der Waals surface area contributed by atoms with Crippen molar-refractivity contribution in [2.75, 3.05) is 11.1 Å². The Morgan fingerprint density at radius 2 is 1.77 bits per heavy atom. The maximum atomic E-state index is 12.6. The minimum atomic E-state index is -0.0842. The number of anilines is 1. The van der Waals surface area contributed by atoms with Crippen LogP contribution in [0, 0.1) is 6.92 Å². The van der Waals surface area contributed by atoms with Gasteiger partial charge in [0.15, 0.2) is 5.65 Å². The number of carbonyl (C=O) groups is 1. The van der Waals surface area contributed by atoms with Gasteiger partial charge in [0, 0.05) is 11.1 Å². The van der Waals surface area contributed by atoms with E-state index in [-0.39, 0.29) is 11.7 Å². The van der Waals surface area contributed by atoms with Gasteiger partial charge in [-0.05, 0) is 30.5 Å². The van der Waals surface area contributed by atoms with Crippen LogP contribution in [0.25, 0.3) is 27.5 Å². The molecule has 1 N–H and O–H groups in total. The number of aromatic nitrogens is 4. The highest BCUT2D eigenvalue weighted by atomic mass is 32.2. The highest BCUT2D eigenvalue weighted by Gasteiger charge is 2.13. The molecule has 0 saturated heterocycles. The van der Waals surface area contributed by atoms with Gasteiger partial charge >= 0.3 is 0 Å². The van der Waals surface area contributed by atoms with Crippen molar-refractivity contribution in [3.05, 3.63) is 84.8 Å². The van der Waals surface area contributed by atoms with Crippen molar-refractivity contribution in [1.29, 1.82) is 0 Å². The fraction of sp³-hybridized carbons (Fsp3) is 0.0833. The summed E-state index contributed by atoms with van der Waals surface area (Å²) >= 11 is 1.38. The van der Waals surface area contributed by atoms with Crippen molar-refractivity contribution in [3.63, 3.8) is 0 Å². The molecule has 2 aromatic heterocycles. The van der Waals surface area contributed by atoms with E-state index in [2.05, 4.69) is 20.4 Å². The molecule has 0 bridgehead atoms. The lowest BCUT2D eigenvalue weighted by Gasteiger charge is -2.09. The zero-order valence-corrected chi connectivity index (χ0v) is 17.6. The SMILES string of the molecule is Cc1ccc(-n2ncc3c(SCC(=O)Nc4cccc5ccccc45)ncnc32)cc1. The summed E-state index contributed by atoms with van der Waals surface area (Å²) in [5, 5.41) is 11.2. The fourth-order valence-electron chi connectivity index (χ4n) is 3.47. The Morgan fingerprint density at radius 3 is 2.65 bits per heavy atom. The first-order chi connectivity index (χ1) is 15.2. The van der Waals surface area contributed by atoms with E-state index >= 15 is 0 Å². The third kappa shape index (κ3) is 3.87. The number of carbonyl (C=O) groups excluding carboxylic acids is 1. The molecule has 0 aliphatic rings. The van der Waals surface area contributed by atoms with Crippen molar-refractivity contribution in [3.8, 4) is 5.69 Å². The van der Waals surface area contributed by atoms with Crippen molar-refractivity contribution in [2.24, 2.45) is 0 Å². The Morgan fingerprint density at radius 1 is 0.968 bits per heavy atom. The topological polar surface area (TPSA) is 72.7 Å². The zero-order chi connectivity index (χ0) is 21.2. The van der Waals surface area contributed by atoms with Crippen LogP contribution in [0.2, 0.25) is 0 Å². The standard InChI is InChI=1S/C24H19N5OS/c1-16-9-11-18(12-10-16)29-23-20(13-27-29)24(26-15-25-23)31-14-22(30)28-21-8-4-6-17-5-2-3-7-19(17)21/h2-13,15H,14H2,1H3,(H,28,30). The van der Waals surface area contributed by atoms with Crippen LogP contribution in [0.15, 0.2) is 84.3 Å². The molecular weight excluding hydrogens is 406 g/mol. The second kappa shape index (κ2) is 8.20. The van der Waals surface area contributed by atoms with E-state index in [0.29, 0.717) is 0 Å². The van der Waals surface area contributed by atoms with E-state index in [1.165, 1.54) is 23.7 Å². The molecule has 3 aromatic carbocycles. The monoisotopic (exact) mass is 425 g/mol. The first-order valence-corrected chi connectivity index (χ1v) is 10.8. The molecule has 5 aromatic rings. The first-order valence-electron chi connectivity index (χ1n) is 9.85. The fourth-order valence-corrected chi connectivity index (χ4v) is 4.23. The van der Waals surface area contributed by atoms with Crippen LogP contribution in [0.4, 0.5) is 5.69 Å². The number of hydrogen-bond donors (Lipinski definition) is 1. The normalized spacial score (nSPS) is 11.1. The molecular formula is C24H19N5OS. The number of hydrogen-bond acceptors (Lipinski definition) is 5. The van der Waals surface area contributed by atoms with Crippen molar-refractivity contribution < 1.29 is 4.79 Å². The molecule has 0 unspecified atom stereocenters. The Bertz CT molecular complexity index is 1390. The number of nitrogens with zero attached hydrogens (tertiary/aromatic N) is 4. The number of rotatable bonds is 5. The van der Waals surface area contributed by atoms with E-state index in [1.807, 2.05) is 73.7 Å². The Kier molecular flexibility index (Phi) is 5.09. The third-order valence-corrected chi connectivity index (χ3v) is 6.02. The molecule has 2 heterocycles. The van der Waals surface area contributed by atoms with Gasteiger partial charge in [0.2, 0.25) is 5.91 Å². The summed E-state index contributed by atoms with van der Waals surface area (Å²) in [5.41, 5.74) is 3.65. The van der Waals surface area contributed by atoms with Gasteiger partial charge in [0.05, 0.1) is 23.0 Å². The van der Waals surface area contributed by atoms with Gasteiger partial charge in [-0.2, -0.15) is 5.10 Å². The van der Waals surface area contributed by atoms with Crippen molar-refractivity contribution in [2.45, 2.75) is 11.9 Å². The molecule has 0 aliphatic heterocycles. The van der Waals surface area contributed by atoms with Crippen LogP contribution in [-0.2, 0) is 4.79 Å². The molecule has 0 radical (unpaired) electrons. The number of benzene rings is 3. The number of fused-ring (bicyclic) bond motifs is 2. The molecule has 0 atom stereocenters. The summed E-state index contributed by atoms with van der Waals surface area (Å²) in [6.07, 6.45) is 3.26. The molecule has 0 spiro atoms. The van der Waals surface area contributed by atoms with Crippen LogP contribution in [0.1, 0.15) is 5.56 Å². The first kappa shape index (κ1) is 19.3. The molecule has 0 aliphatic carbocycles. The van der Waals surface area contributed by atoms with Crippen LogP contribution in [0.5, 0.6) is 0 Å².